The normalized spacial score (nSPS) is 10.6. The largest absolute Gasteiger partial charge is 0.306 e. The number of halogens is 2. The molecule has 138 valence electrons. The highest BCUT2D eigenvalue weighted by atomic mass is 79.9. The van der Waals surface area contributed by atoms with Crippen LogP contribution in [-0.2, 0) is 0 Å². The molecular weight excluding hydrogens is 438 g/mol. The zero-order chi connectivity index (χ0) is 19.5. The van der Waals surface area contributed by atoms with E-state index in [1.54, 1.807) is 16.8 Å². The second-order valence-corrected chi connectivity index (χ2v) is 7.48. The van der Waals surface area contributed by atoms with E-state index in [0.29, 0.717) is 16.4 Å². The lowest BCUT2D eigenvalue weighted by Crippen LogP contribution is -2.15. The summed E-state index contributed by atoms with van der Waals surface area (Å²) >= 11 is 9.44. The number of hydrogen-bond acceptors (Lipinski definition) is 2. The number of nitrogens with one attached hydrogen (secondary N) is 1. The van der Waals surface area contributed by atoms with Gasteiger partial charge in [0, 0.05) is 26.7 Å². The highest BCUT2D eigenvalue weighted by Gasteiger charge is 2.15. The molecule has 1 N–H and O–H groups in total. The van der Waals surface area contributed by atoms with E-state index in [-0.39, 0.29) is 5.91 Å². The van der Waals surface area contributed by atoms with Crippen LogP contribution in [0.1, 0.15) is 10.4 Å². The minimum Gasteiger partial charge on any atom is -0.306 e. The molecule has 0 atom stereocenters. The van der Waals surface area contributed by atoms with Gasteiger partial charge in [0.1, 0.15) is 5.82 Å². The smallest absolute Gasteiger partial charge is 0.256 e. The van der Waals surface area contributed by atoms with Crippen molar-refractivity contribution >= 4 is 39.3 Å². The van der Waals surface area contributed by atoms with Crippen molar-refractivity contribution in [2.24, 2.45) is 0 Å². The van der Waals surface area contributed by atoms with Crippen molar-refractivity contribution in [1.29, 1.82) is 0 Å². The highest BCUT2D eigenvalue weighted by Crippen LogP contribution is 2.27. The molecule has 0 radical (unpaired) electrons. The minimum atomic E-state index is -0.193. The lowest BCUT2D eigenvalue weighted by Gasteiger charge is -2.09. The third-order valence-corrected chi connectivity index (χ3v) is 4.98. The summed E-state index contributed by atoms with van der Waals surface area (Å²) in [5, 5.41) is 8.33. The highest BCUT2D eigenvalue weighted by molar-refractivity contribution is 9.10. The van der Waals surface area contributed by atoms with Crippen LogP contribution in [0.2, 0.25) is 5.02 Å². The summed E-state index contributed by atoms with van der Waals surface area (Å²) in [6.07, 6.45) is 0. The number of carbonyl (C=O) groups is 1. The average Bonchev–Trinajstić information content (AvgIpc) is 3.13. The molecule has 4 aromatic rings. The molecule has 0 bridgehead atoms. The molecule has 0 unspecified atom stereocenters. The molecule has 3 aromatic carbocycles. The van der Waals surface area contributed by atoms with Gasteiger partial charge in [-0.05, 0) is 48.5 Å². The van der Waals surface area contributed by atoms with Gasteiger partial charge in [-0.15, -0.1) is 0 Å². The van der Waals surface area contributed by atoms with Gasteiger partial charge in [0.25, 0.3) is 5.91 Å². The van der Waals surface area contributed by atoms with E-state index in [1.807, 2.05) is 72.8 Å². The molecule has 1 amide bonds. The number of anilines is 1. The molecular formula is C22H15BrClN3O. The van der Waals surface area contributed by atoms with Crippen molar-refractivity contribution < 1.29 is 4.79 Å². The van der Waals surface area contributed by atoms with Crippen LogP contribution in [0.5, 0.6) is 0 Å². The van der Waals surface area contributed by atoms with E-state index >= 15 is 0 Å². The van der Waals surface area contributed by atoms with Crippen LogP contribution in [-0.4, -0.2) is 15.7 Å². The van der Waals surface area contributed by atoms with Gasteiger partial charge in [0.15, 0.2) is 0 Å². The van der Waals surface area contributed by atoms with Crippen molar-refractivity contribution in [2.75, 3.05) is 5.32 Å². The topological polar surface area (TPSA) is 46.9 Å². The molecule has 0 spiro atoms. The number of hydrogen-bond donors (Lipinski definition) is 1. The van der Waals surface area contributed by atoms with Crippen molar-refractivity contribution in [3.05, 3.63) is 100.0 Å². The van der Waals surface area contributed by atoms with Gasteiger partial charge in [-0.25, -0.2) is 4.68 Å². The summed E-state index contributed by atoms with van der Waals surface area (Å²) in [6, 6.07) is 26.1. The van der Waals surface area contributed by atoms with Gasteiger partial charge in [-0.2, -0.15) is 5.10 Å². The zero-order valence-electron chi connectivity index (χ0n) is 14.6. The third-order valence-electron chi connectivity index (χ3n) is 4.20. The molecule has 1 heterocycles. The Balaban J connectivity index is 1.75. The number of nitrogens with zero attached hydrogens (tertiary/aromatic N) is 2. The lowest BCUT2D eigenvalue weighted by atomic mass is 10.1. The van der Waals surface area contributed by atoms with Gasteiger partial charge in [0.05, 0.1) is 11.4 Å². The SMILES string of the molecule is O=C(Nc1cc(-c2ccc(Cl)cc2)nn1-c1ccc(Br)cc1)c1ccccc1. The van der Waals surface area contributed by atoms with E-state index in [9.17, 15) is 4.79 Å². The van der Waals surface area contributed by atoms with Crippen LogP contribution in [0.25, 0.3) is 16.9 Å². The summed E-state index contributed by atoms with van der Waals surface area (Å²) < 4.78 is 2.69. The first-order valence-electron chi connectivity index (χ1n) is 8.58. The van der Waals surface area contributed by atoms with E-state index in [4.69, 9.17) is 16.7 Å². The maximum Gasteiger partial charge on any atom is 0.256 e. The summed E-state index contributed by atoms with van der Waals surface area (Å²) in [7, 11) is 0. The molecule has 4 nitrogen and oxygen atoms in total. The van der Waals surface area contributed by atoms with E-state index < -0.39 is 0 Å². The molecule has 28 heavy (non-hydrogen) atoms. The van der Waals surface area contributed by atoms with Crippen LogP contribution < -0.4 is 5.32 Å². The molecule has 0 aliphatic rings. The molecule has 0 fully saturated rings. The fourth-order valence-electron chi connectivity index (χ4n) is 2.79. The minimum absolute atomic E-state index is 0.193. The number of carbonyl (C=O) groups excluding carboxylic acids is 1. The van der Waals surface area contributed by atoms with E-state index in [2.05, 4.69) is 21.2 Å². The Kier molecular flexibility index (Phi) is 5.28. The van der Waals surface area contributed by atoms with Gasteiger partial charge in [-0.3, -0.25) is 4.79 Å². The number of amides is 1. The summed E-state index contributed by atoms with van der Waals surface area (Å²) in [4.78, 5) is 12.7. The Labute approximate surface area is 175 Å². The Bertz CT molecular complexity index is 1110. The Morgan fingerprint density at radius 3 is 2.29 bits per heavy atom. The molecule has 0 saturated carbocycles. The Morgan fingerprint density at radius 2 is 1.61 bits per heavy atom. The first-order valence-corrected chi connectivity index (χ1v) is 9.75. The van der Waals surface area contributed by atoms with Crippen LogP contribution >= 0.6 is 27.5 Å². The monoisotopic (exact) mass is 451 g/mol. The van der Waals surface area contributed by atoms with Crippen molar-refractivity contribution in [3.8, 4) is 16.9 Å². The molecule has 0 aliphatic carbocycles. The summed E-state index contributed by atoms with van der Waals surface area (Å²) in [5.74, 6) is 0.391. The Hall–Kier alpha value is -2.89. The van der Waals surface area contributed by atoms with Crippen LogP contribution in [0.3, 0.4) is 0 Å². The maximum atomic E-state index is 12.7. The first-order chi connectivity index (χ1) is 13.6. The fraction of sp³-hybridized carbons (Fsp3) is 0. The van der Waals surface area contributed by atoms with E-state index in [1.165, 1.54) is 0 Å². The molecule has 6 heteroatoms. The Morgan fingerprint density at radius 1 is 0.929 bits per heavy atom. The predicted octanol–water partition coefficient (Wildman–Crippen LogP) is 6.21. The maximum absolute atomic E-state index is 12.7. The number of aromatic nitrogens is 2. The number of rotatable bonds is 4. The van der Waals surface area contributed by atoms with Crippen molar-refractivity contribution in [1.82, 2.24) is 9.78 Å². The molecule has 1 aromatic heterocycles. The van der Waals surface area contributed by atoms with Gasteiger partial charge >= 0.3 is 0 Å². The van der Waals surface area contributed by atoms with Gasteiger partial charge in [-0.1, -0.05) is 57.9 Å². The zero-order valence-corrected chi connectivity index (χ0v) is 17.0. The van der Waals surface area contributed by atoms with Crippen LogP contribution in [0.4, 0.5) is 5.82 Å². The summed E-state index contributed by atoms with van der Waals surface area (Å²) in [5.41, 5.74) is 3.07. The predicted molar refractivity (Wildman–Crippen MR) is 116 cm³/mol. The second kappa shape index (κ2) is 8.00. The molecule has 4 rings (SSSR count). The van der Waals surface area contributed by atoms with E-state index in [0.717, 1.165) is 21.4 Å². The van der Waals surface area contributed by atoms with Crippen LogP contribution in [0.15, 0.2) is 89.4 Å². The quantitative estimate of drug-likeness (QED) is 0.400. The third kappa shape index (κ3) is 4.01. The average molecular weight is 453 g/mol. The summed E-state index contributed by atoms with van der Waals surface area (Å²) in [6.45, 7) is 0. The first kappa shape index (κ1) is 18.5. The standard InChI is InChI=1S/C22H15BrClN3O/c23-17-8-12-19(13-9-17)27-21(25-22(28)16-4-2-1-3-5-16)14-20(26-27)15-6-10-18(24)11-7-15/h1-14H,(H,25,28). The van der Waals surface area contributed by atoms with Crippen molar-refractivity contribution in [2.45, 2.75) is 0 Å². The van der Waals surface area contributed by atoms with Crippen molar-refractivity contribution in [3.63, 3.8) is 0 Å². The fourth-order valence-corrected chi connectivity index (χ4v) is 3.18. The van der Waals surface area contributed by atoms with Gasteiger partial charge < -0.3 is 5.32 Å². The number of benzene rings is 3. The van der Waals surface area contributed by atoms with Crippen LogP contribution in [0, 0.1) is 0 Å². The molecule has 0 saturated heterocycles. The van der Waals surface area contributed by atoms with Gasteiger partial charge in [0.2, 0.25) is 0 Å². The second-order valence-electron chi connectivity index (χ2n) is 6.13. The molecule has 0 aliphatic heterocycles. The lowest BCUT2D eigenvalue weighted by molar-refractivity contribution is 0.102.